The standard InChI is InChI=1S/C11H16N2O3/c12-6-9(13)8-5-7(1-3-10(8)14)2-4-11(15)16/h1,3,5,9,14H,2,4,6,12-13H2,(H,15,16)/t9-/m0/s1. The highest BCUT2D eigenvalue weighted by Gasteiger charge is 2.10. The molecule has 0 aromatic heterocycles. The lowest BCUT2D eigenvalue weighted by molar-refractivity contribution is -0.136. The number of aryl methyl sites for hydroxylation is 1. The number of benzene rings is 1. The van der Waals surface area contributed by atoms with E-state index in [1.165, 1.54) is 6.07 Å². The number of aliphatic carboxylic acids is 1. The lowest BCUT2D eigenvalue weighted by atomic mass is 10.0. The molecule has 0 aliphatic rings. The van der Waals surface area contributed by atoms with E-state index >= 15 is 0 Å². The minimum Gasteiger partial charge on any atom is -0.508 e. The Morgan fingerprint density at radius 3 is 2.69 bits per heavy atom. The van der Waals surface area contributed by atoms with Crippen molar-refractivity contribution in [1.82, 2.24) is 0 Å². The molecule has 0 amide bonds. The van der Waals surface area contributed by atoms with Gasteiger partial charge in [0, 0.05) is 24.6 Å². The summed E-state index contributed by atoms with van der Waals surface area (Å²) in [5.74, 6) is -0.755. The lowest BCUT2D eigenvalue weighted by Crippen LogP contribution is -2.21. The van der Waals surface area contributed by atoms with E-state index in [1.807, 2.05) is 0 Å². The number of rotatable bonds is 5. The van der Waals surface area contributed by atoms with E-state index < -0.39 is 12.0 Å². The largest absolute Gasteiger partial charge is 0.508 e. The molecule has 0 unspecified atom stereocenters. The molecule has 0 saturated carbocycles. The van der Waals surface area contributed by atoms with Crippen molar-refractivity contribution in [3.63, 3.8) is 0 Å². The van der Waals surface area contributed by atoms with Crippen molar-refractivity contribution >= 4 is 5.97 Å². The van der Waals surface area contributed by atoms with E-state index in [2.05, 4.69) is 0 Å². The van der Waals surface area contributed by atoms with Gasteiger partial charge in [0.25, 0.3) is 0 Å². The van der Waals surface area contributed by atoms with Gasteiger partial charge in [0.15, 0.2) is 0 Å². The molecule has 1 rings (SSSR count). The zero-order chi connectivity index (χ0) is 12.1. The molecular weight excluding hydrogens is 208 g/mol. The summed E-state index contributed by atoms with van der Waals surface area (Å²) < 4.78 is 0. The molecule has 0 aliphatic heterocycles. The molecule has 1 aromatic carbocycles. The van der Waals surface area contributed by atoms with Crippen LogP contribution in [0.2, 0.25) is 0 Å². The average Bonchev–Trinajstić information content (AvgIpc) is 2.27. The number of nitrogens with two attached hydrogens (primary N) is 2. The fourth-order valence-corrected chi connectivity index (χ4v) is 1.43. The van der Waals surface area contributed by atoms with Gasteiger partial charge in [-0.15, -0.1) is 0 Å². The van der Waals surface area contributed by atoms with Crippen LogP contribution in [0.5, 0.6) is 5.75 Å². The second-order valence-corrected chi connectivity index (χ2v) is 3.63. The van der Waals surface area contributed by atoms with Crippen LogP contribution in [0.4, 0.5) is 0 Å². The molecule has 16 heavy (non-hydrogen) atoms. The van der Waals surface area contributed by atoms with E-state index in [-0.39, 0.29) is 18.7 Å². The predicted molar refractivity (Wildman–Crippen MR) is 60.0 cm³/mol. The first-order valence-corrected chi connectivity index (χ1v) is 5.03. The quantitative estimate of drug-likeness (QED) is 0.577. The summed E-state index contributed by atoms with van der Waals surface area (Å²) in [6, 6.07) is 4.48. The van der Waals surface area contributed by atoms with Crippen LogP contribution in [0, 0.1) is 0 Å². The molecule has 0 heterocycles. The van der Waals surface area contributed by atoms with Gasteiger partial charge in [0.1, 0.15) is 5.75 Å². The number of aromatic hydroxyl groups is 1. The first-order valence-electron chi connectivity index (χ1n) is 5.03. The monoisotopic (exact) mass is 224 g/mol. The van der Waals surface area contributed by atoms with Crippen molar-refractivity contribution in [3.8, 4) is 5.75 Å². The highest BCUT2D eigenvalue weighted by Crippen LogP contribution is 2.23. The van der Waals surface area contributed by atoms with E-state index in [0.717, 1.165) is 5.56 Å². The van der Waals surface area contributed by atoms with Gasteiger partial charge < -0.3 is 21.7 Å². The molecule has 6 N–H and O–H groups in total. The smallest absolute Gasteiger partial charge is 0.303 e. The number of carboxylic acid groups (broad SMARTS) is 1. The van der Waals surface area contributed by atoms with Gasteiger partial charge >= 0.3 is 5.97 Å². The van der Waals surface area contributed by atoms with Gasteiger partial charge in [0.2, 0.25) is 0 Å². The Labute approximate surface area is 93.7 Å². The fourth-order valence-electron chi connectivity index (χ4n) is 1.43. The van der Waals surface area contributed by atoms with E-state index in [0.29, 0.717) is 12.0 Å². The molecule has 5 nitrogen and oxygen atoms in total. The maximum Gasteiger partial charge on any atom is 0.303 e. The Morgan fingerprint density at radius 2 is 2.12 bits per heavy atom. The summed E-state index contributed by atoms with van der Waals surface area (Å²) >= 11 is 0. The van der Waals surface area contributed by atoms with E-state index in [1.54, 1.807) is 12.1 Å². The second-order valence-electron chi connectivity index (χ2n) is 3.63. The van der Waals surface area contributed by atoms with Crippen molar-refractivity contribution in [1.29, 1.82) is 0 Å². The zero-order valence-corrected chi connectivity index (χ0v) is 8.89. The zero-order valence-electron chi connectivity index (χ0n) is 8.89. The van der Waals surface area contributed by atoms with Crippen molar-refractivity contribution < 1.29 is 15.0 Å². The highest BCUT2D eigenvalue weighted by molar-refractivity contribution is 5.67. The third-order valence-corrected chi connectivity index (χ3v) is 2.37. The van der Waals surface area contributed by atoms with E-state index in [9.17, 15) is 9.90 Å². The maximum atomic E-state index is 10.4. The first kappa shape index (κ1) is 12.5. The molecule has 0 bridgehead atoms. The number of hydrogen-bond donors (Lipinski definition) is 4. The maximum absolute atomic E-state index is 10.4. The van der Waals surface area contributed by atoms with Gasteiger partial charge in [-0.05, 0) is 18.1 Å². The van der Waals surface area contributed by atoms with Crippen molar-refractivity contribution in [2.45, 2.75) is 18.9 Å². The SMILES string of the molecule is NC[C@H](N)c1cc(CCC(=O)O)ccc1O. The first-order chi connectivity index (χ1) is 7.54. The summed E-state index contributed by atoms with van der Waals surface area (Å²) in [5, 5.41) is 18.1. The van der Waals surface area contributed by atoms with Crippen LogP contribution >= 0.6 is 0 Å². The molecule has 0 radical (unpaired) electrons. The summed E-state index contributed by atoms with van der Waals surface area (Å²) in [4.78, 5) is 10.4. The number of carboxylic acids is 1. The van der Waals surface area contributed by atoms with Crippen LogP contribution in [0.25, 0.3) is 0 Å². The molecule has 0 aliphatic carbocycles. The summed E-state index contributed by atoms with van der Waals surface area (Å²) in [7, 11) is 0. The van der Waals surface area contributed by atoms with Gasteiger partial charge in [-0.2, -0.15) is 0 Å². The number of hydrogen-bond acceptors (Lipinski definition) is 4. The summed E-state index contributed by atoms with van der Waals surface area (Å²) in [6.07, 6.45) is 0.474. The minimum absolute atomic E-state index is 0.0576. The molecule has 1 aromatic rings. The minimum atomic E-state index is -0.849. The number of phenols is 1. The second kappa shape index (κ2) is 5.48. The Hall–Kier alpha value is -1.59. The topological polar surface area (TPSA) is 110 Å². The summed E-state index contributed by atoms with van der Waals surface area (Å²) in [5.41, 5.74) is 12.5. The van der Waals surface area contributed by atoms with Crippen LogP contribution < -0.4 is 11.5 Å². The van der Waals surface area contributed by atoms with Gasteiger partial charge in [0.05, 0.1) is 0 Å². The highest BCUT2D eigenvalue weighted by atomic mass is 16.4. The predicted octanol–water partition coefficient (Wildman–Crippen LogP) is 0.368. The molecular formula is C11H16N2O3. The third-order valence-electron chi connectivity index (χ3n) is 2.37. The average molecular weight is 224 g/mol. The fraction of sp³-hybridized carbons (Fsp3) is 0.364. The van der Waals surface area contributed by atoms with E-state index in [4.69, 9.17) is 16.6 Å². The van der Waals surface area contributed by atoms with Crippen LogP contribution in [-0.4, -0.2) is 22.7 Å². The number of phenolic OH excluding ortho intramolecular Hbond substituents is 1. The lowest BCUT2D eigenvalue weighted by Gasteiger charge is -2.12. The van der Waals surface area contributed by atoms with Crippen molar-refractivity contribution in [3.05, 3.63) is 29.3 Å². The molecule has 1 atom stereocenters. The Balaban J connectivity index is 2.85. The van der Waals surface area contributed by atoms with Gasteiger partial charge in [-0.25, -0.2) is 0 Å². The molecule has 5 heteroatoms. The Kier molecular flexibility index (Phi) is 4.28. The molecule has 88 valence electrons. The summed E-state index contributed by atoms with van der Waals surface area (Å²) in [6.45, 7) is 0.232. The van der Waals surface area contributed by atoms with Crippen molar-refractivity contribution in [2.75, 3.05) is 6.54 Å². The van der Waals surface area contributed by atoms with Gasteiger partial charge in [-0.1, -0.05) is 12.1 Å². The Morgan fingerprint density at radius 1 is 1.44 bits per heavy atom. The molecule has 0 saturated heterocycles. The molecule has 0 spiro atoms. The number of carbonyl (C=O) groups is 1. The Bertz CT molecular complexity index is 379. The molecule has 0 fully saturated rings. The van der Waals surface area contributed by atoms with Crippen LogP contribution in [0.3, 0.4) is 0 Å². The van der Waals surface area contributed by atoms with Crippen LogP contribution in [0.1, 0.15) is 23.6 Å². The van der Waals surface area contributed by atoms with Crippen molar-refractivity contribution in [2.24, 2.45) is 11.5 Å². The third kappa shape index (κ3) is 3.22. The normalized spacial score (nSPS) is 12.4. The van der Waals surface area contributed by atoms with Crippen LogP contribution in [0.15, 0.2) is 18.2 Å². The van der Waals surface area contributed by atoms with Crippen LogP contribution in [-0.2, 0) is 11.2 Å². The van der Waals surface area contributed by atoms with Gasteiger partial charge in [-0.3, -0.25) is 4.79 Å².